The third-order valence-corrected chi connectivity index (χ3v) is 3.94. The van der Waals surface area contributed by atoms with Gasteiger partial charge in [-0.15, -0.1) is 0 Å². The van der Waals surface area contributed by atoms with E-state index < -0.39 is 5.97 Å². The summed E-state index contributed by atoms with van der Waals surface area (Å²) < 4.78 is 2.11. The zero-order valence-corrected chi connectivity index (χ0v) is 12.6. The summed E-state index contributed by atoms with van der Waals surface area (Å²) in [5, 5.41) is 19.0. The van der Waals surface area contributed by atoms with Crippen molar-refractivity contribution in [3.05, 3.63) is 65.4 Å². The summed E-state index contributed by atoms with van der Waals surface area (Å²) in [6.07, 6.45) is 11.8. The van der Waals surface area contributed by atoms with Crippen molar-refractivity contribution in [1.29, 1.82) is 5.26 Å². The van der Waals surface area contributed by atoms with Gasteiger partial charge in [0.2, 0.25) is 0 Å². The first-order valence-electron chi connectivity index (χ1n) is 7.46. The molecule has 1 N–H and O–H groups in total. The Hall–Kier alpha value is -3.06. The molecular formula is C19H16N2O2. The maximum absolute atomic E-state index is 11.1. The number of aromatic nitrogens is 1. The normalized spacial score (nSPS) is 14.6. The van der Waals surface area contributed by atoms with Gasteiger partial charge in [0.15, 0.2) is 0 Å². The van der Waals surface area contributed by atoms with Crippen molar-refractivity contribution in [3.63, 3.8) is 0 Å². The molecule has 0 radical (unpaired) electrons. The molecule has 2 aromatic rings. The van der Waals surface area contributed by atoms with Crippen LogP contribution in [0.4, 0.5) is 0 Å². The molecule has 0 amide bonds. The van der Waals surface area contributed by atoms with Crippen molar-refractivity contribution in [1.82, 2.24) is 4.57 Å². The zero-order chi connectivity index (χ0) is 16.2. The fourth-order valence-corrected chi connectivity index (χ4v) is 2.82. The van der Waals surface area contributed by atoms with E-state index in [-0.39, 0.29) is 5.57 Å². The highest BCUT2D eigenvalue weighted by atomic mass is 16.4. The lowest BCUT2D eigenvalue weighted by Gasteiger charge is -2.11. The number of aliphatic carboxylic acids is 1. The van der Waals surface area contributed by atoms with Crippen molar-refractivity contribution in [2.75, 3.05) is 0 Å². The van der Waals surface area contributed by atoms with Gasteiger partial charge >= 0.3 is 5.97 Å². The van der Waals surface area contributed by atoms with Gasteiger partial charge in [0.1, 0.15) is 11.6 Å². The summed E-state index contributed by atoms with van der Waals surface area (Å²) >= 11 is 0. The number of rotatable bonds is 4. The molecule has 4 heteroatoms. The van der Waals surface area contributed by atoms with Gasteiger partial charge in [0, 0.05) is 29.2 Å². The Morgan fingerprint density at radius 2 is 2.22 bits per heavy atom. The number of nitrogens with zero attached hydrogens (tertiary/aromatic N) is 2. The van der Waals surface area contributed by atoms with Crippen LogP contribution in [0.1, 0.15) is 18.4 Å². The van der Waals surface area contributed by atoms with Crippen molar-refractivity contribution >= 4 is 22.9 Å². The van der Waals surface area contributed by atoms with Crippen molar-refractivity contribution in [2.24, 2.45) is 0 Å². The van der Waals surface area contributed by atoms with Crippen LogP contribution < -0.4 is 0 Å². The molecule has 3 rings (SSSR count). The molecule has 0 unspecified atom stereocenters. The lowest BCUT2D eigenvalue weighted by molar-refractivity contribution is -0.132. The number of nitriles is 1. The number of carbonyl (C=O) groups is 1. The highest BCUT2D eigenvalue weighted by molar-refractivity contribution is 6.00. The van der Waals surface area contributed by atoms with Crippen LogP contribution in [-0.2, 0) is 11.3 Å². The lowest BCUT2D eigenvalue weighted by atomic mass is 10.1. The maximum atomic E-state index is 11.1. The number of hydrogen-bond donors (Lipinski definition) is 1. The number of allylic oxidation sites excluding steroid dienone is 4. The largest absolute Gasteiger partial charge is 0.477 e. The number of carboxylic acid groups (broad SMARTS) is 1. The van der Waals surface area contributed by atoms with Gasteiger partial charge in [0.05, 0.1) is 0 Å². The maximum Gasteiger partial charge on any atom is 0.346 e. The van der Waals surface area contributed by atoms with E-state index in [9.17, 15) is 4.79 Å². The minimum absolute atomic E-state index is 0.257. The van der Waals surface area contributed by atoms with Crippen LogP contribution >= 0.6 is 0 Å². The van der Waals surface area contributed by atoms with Crippen LogP contribution in [0.25, 0.3) is 17.0 Å². The Balaban J connectivity index is 2.07. The molecule has 4 nitrogen and oxygen atoms in total. The average Bonchev–Trinajstić information content (AvgIpc) is 2.91. The van der Waals surface area contributed by atoms with Crippen LogP contribution in [0.3, 0.4) is 0 Å². The number of fused-ring (bicyclic) bond motifs is 1. The van der Waals surface area contributed by atoms with E-state index >= 15 is 0 Å². The molecule has 1 heterocycles. The average molecular weight is 304 g/mol. The predicted molar refractivity (Wildman–Crippen MR) is 89.6 cm³/mol. The summed E-state index contributed by atoms with van der Waals surface area (Å²) in [5.74, 6) is -1.20. The number of carboxylic acids is 1. The van der Waals surface area contributed by atoms with E-state index in [1.54, 1.807) is 6.07 Å². The minimum atomic E-state index is -1.20. The standard InChI is InChI=1S/C19H16N2O2/c20-11-15(19(22)23)10-16-13-21(12-14-6-2-1-3-7-14)18-9-5-4-8-17(16)18/h1-2,4-6,8-10,13H,3,7,12H2,(H,22,23)/b15-10+. The summed E-state index contributed by atoms with van der Waals surface area (Å²) in [4.78, 5) is 11.1. The topological polar surface area (TPSA) is 66.0 Å². The summed E-state index contributed by atoms with van der Waals surface area (Å²) in [6, 6.07) is 9.58. The molecule has 0 saturated heterocycles. The first-order valence-corrected chi connectivity index (χ1v) is 7.46. The fraction of sp³-hybridized carbons (Fsp3) is 0.158. The van der Waals surface area contributed by atoms with Gasteiger partial charge in [-0.05, 0) is 25.0 Å². The van der Waals surface area contributed by atoms with Gasteiger partial charge in [-0.1, -0.05) is 42.0 Å². The van der Waals surface area contributed by atoms with Gasteiger partial charge in [0.25, 0.3) is 0 Å². The lowest BCUT2D eigenvalue weighted by Crippen LogP contribution is -2.01. The van der Waals surface area contributed by atoms with Crippen LogP contribution in [-0.4, -0.2) is 15.6 Å². The second kappa shape index (κ2) is 6.37. The van der Waals surface area contributed by atoms with Gasteiger partial charge < -0.3 is 9.67 Å². The second-order valence-electron chi connectivity index (χ2n) is 5.50. The van der Waals surface area contributed by atoms with Crippen molar-refractivity contribution in [3.8, 4) is 6.07 Å². The Bertz CT molecular complexity index is 892. The van der Waals surface area contributed by atoms with Crippen LogP contribution in [0.2, 0.25) is 0 Å². The molecule has 114 valence electrons. The first-order chi connectivity index (χ1) is 11.2. The SMILES string of the molecule is N#C/C(=C\c1cn(CC2=CC=CCC2)c2ccccc12)C(=O)O. The molecule has 0 saturated carbocycles. The van der Waals surface area contributed by atoms with Gasteiger partial charge in [-0.2, -0.15) is 5.26 Å². The van der Waals surface area contributed by atoms with E-state index in [4.69, 9.17) is 10.4 Å². The van der Waals surface area contributed by atoms with E-state index in [1.165, 1.54) is 11.6 Å². The second-order valence-corrected chi connectivity index (χ2v) is 5.50. The molecule has 1 aromatic carbocycles. The van der Waals surface area contributed by atoms with Gasteiger partial charge in [-0.3, -0.25) is 0 Å². The van der Waals surface area contributed by atoms with E-state index in [0.29, 0.717) is 0 Å². The summed E-state index contributed by atoms with van der Waals surface area (Å²) in [6.45, 7) is 0.771. The van der Waals surface area contributed by atoms with Crippen LogP contribution in [0.15, 0.2) is 59.8 Å². The Labute approximate surface area is 134 Å². The third-order valence-electron chi connectivity index (χ3n) is 3.94. The van der Waals surface area contributed by atoms with E-state index in [2.05, 4.69) is 22.8 Å². The molecule has 0 fully saturated rings. The number of hydrogen-bond acceptors (Lipinski definition) is 2. The molecule has 0 atom stereocenters. The molecule has 1 aliphatic rings. The highest BCUT2D eigenvalue weighted by Gasteiger charge is 2.12. The molecule has 0 spiro atoms. The van der Waals surface area contributed by atoms with Crippen molar-refractivity contribution < 1.29 is 9.90 Å². The first kappa shape index (κ1) is 14.9. The monoisotopic (exact) mass is 304 g/mol. The Kier molecular flexibility index (Phi) is 4.11. The quantitative estimate of drug-likeness (QED) is 0.688. The fourth-order valence-electron chi connectivity index (χ4n) is 2.82. The van der Waals surface area contributed by atoms with Crippen LogP contribution in [0, 0.1) is 11.3 Å². The minimum Gasteiger partial charge on any atom is -0.477 e. The molecular weight excluding hydrogens is 288 g/mol. The molecule has 0 aliphatic heterocycles. The zero-order valence-electron chi connectivity index (χ0n) is 12.6. The number of benzene rings is 1. The van der Waals surface area contributed by atoms with Gasteiger partial charge in [-0.25, -0.2) is 4.79 Å². The summed E-state index contributed by atoms with van der Waals surface area (Å²) in [7, 11) is 0. The Morgan fingerprint density at radius 1 is 1.39 bits per heavy atom. The third kappa shape index (κ3) is 3.09. The molecule has 0 bridgehead atoms. The smallest absolute Gasteiger partial charge is 0.346 e. The van der Waals surface area contributed by atoms with Crippen molar-refractivity contribution in [2.45, 2.75) is 19.4 Å². The summed E-state index contributed by atoms with van der Waals surface area (Å²) in [5.41, 5.74) is 2.87. The van der Waals surface area contributed by atoms with E-state index in [0.717, 1.165) is 35.9 Å². The predicted octanol–water partition coefficient (Wildman–Crippen LogP) is 3.91. The molecule has 1 aliphatic carbocycles. The van der Waals surface area contributed by atoms with E-state index in [1.807, 2.05) is 30.5 Å². The highest BCUT2D eigenvalue weighted by Crippen LogP contribution is 2.25. The molecule has 23 heavy (non-hydrogen) atoms. The van der Waals surface area contributed by atoms with Crippen LogP contribution in [0.5, 0.6) is 0 Å². The Morgan fingerprint density at radius 3 is 2.91 bits per heavy atom. The molecule has 1 aromatic heterocycles. The number of para-hydroxylation sites is 1.